The summed E-state index contributed by atoms with van der Waals surface area (Å²) in [6, 6.07) is 1.68. The number of hydrogen-bond donors (Lipinski definition) is 1. The van der Waals surface area contributed by atoms with Crippen molar-refractivity contribution in [2.45, 2.75) is 17.4 Å². The Morgan fingerprint density at radius 2 is 1.85 bits per heavy atom. The maximum absolute atomic E-state index is 13.8. The van der Waals surface area contributed by atoms with E-state index in [0.717, 1.165) is 16.4 Å². The van der Waals surface area contributed by atoms with Crippen LogP contribution >= 0.6 is 0 Å². The summed E-state index contributed by atoms with van der Waals surface area (Å²) in [6.07, 6.45) is 0.629. The Hall–Kier alpha value is -1.25. The molecule has 20 heavy (non-hydrogen) atoms. The number of rotatable bonds is 3. The van der Waals surface area contributed by atoms with Crippen LogP contribution in [0.4, 0.5) is 14.5 Å². The molecule has 0 spiro atoms. The summed E-state index contributed by atoms with van der Waals surface area (Å²) in [4.78, 5) is 0.969. The third kappa shape index (κ3) is 2.63. The molecule has 1 aliphatic heterocycles. The Bertz CT molecular complexity index is 596. The highest BCUT2D eigenvalue weighted by molar-refractivity contribution is 7.89. The van der Waals surface area contributed by atoms with Crippen LogP contribution in [0.15, 0.2) is 17.0 Å². The standard InChI is InChI=1S/C12H17F2N3O2S/c1-16(2)9-3-4-17(7-9)20(18,19)12-10(13)5-8(15)6-11(12)14/h5-6,9H,3-4,7,15H2,1-2H3. The number of benzene rings is 1. The van der Waals surface area contributed by atoms with Gasteiger partial charge in [-0.2, -0.15) is 4.31 Å². The molecule has 0 aromatic heterocycles. The minimum Gasteiger partial charge on any atom is -0.399 e. The summed E-state index contributed by atoms with van der Waals surface area (Å²) in [5.74, 6) is -2.31. The lowest BCUT2D eigenvalue weighted by Gasteiger charge is -2.20. The first kappa shape index (κ1) is 15.1. The van der Waals surface area contributed by atoms with Crippen molar-refractivity contribution in [3.63, 3.8) is 0 Å². The largest absolute Gasteiger partial charge is 0.399 e. The topological polar surface area (TPSA) is 66.6 Å². The highest BCUT2D eigenvalue weighted by Gasteiger charge is 2.36. The van der Waals surface area contributed by atoms with Gasteiger partial charge in [-0.05, 0) is 32.6 Å². The molecule has 1 fully saturated rings. The summed E-state index contributed by atoms with van der Waals surface area (Å²) in [5, 5.41) is 0. The molecule has 1 saturated heterocycles. The number of nitrogen functional groups attached to an aromatic ring is 1. The molecule has 1 heterocycles. The Morgan fingerprint density at radius 1 is 1.30 bits per heavy atom. The Labute approximate surface area is 117 Å². The van der Waals surface area contributed by atoms with Crippen molar-refractivity contribution < 1.29 is 17.2 Å². The molecule has 1 aromatic carbocycles. The van der Waals surface area contributed by atoms with E-state index in [1.165, 1.54) is 0 Å². The van der Waals surface area contributed by atoms with Crippen LogP contribution in [0.5, 0.6) is 0 Å². The minimum atomic E-state index is -4.18. The van der Waals surface area contributed by atoms with Crippen LogP contribution in [0, 0.1) is 11.6 Å². The van der Waals surface area contributed by atoms with E-state index in [-0.39, 0.29) is 24.8 Å². The third-order valence-electron chi connectivity index (χ3n) is 3.47. The average molecular weight is 305 g/mol. The van der Waals surface area contributed by atoms with E-state index >= 15 is 0 Å². The maximum Gasteiger partial charge on any atom is 0.248 e. The number of anilines is 1. The van der Waals surface area contributed by atoms with Gasteiger partial charge >= 0.3 is 0 Å². The van der Waals surface area contributed by atoms with Crippen LogP contribution < -0.4 is 5.73 Å². The lowest BCUT2D eigenvalue weighted by Crippen LogP contribution is -2.35. The van der Waals surface area contributed by atoms with Gasteiger partial charge in [0.15, 0.2) is 4.90 Å². The zero-order chi connectivity index (χ0) is 15.1. The monoisotopic (exact) mass is 305 g/mol. The van der Waals surface area contributed by atoms with Crippen molar-refractivity contribution in [3.05, 3.63) is 23.8 Å². The summed E-state index contributed by atoms with van der Waals surface area (Å²) in [6.45, 7) is 0.465. The van der Waals surface area contributed by atoms with E-state index in [1.807, 2.05) is 19.0 Å². The number of hydrogen-bond acceptors (Lipinski definition) is 4. The fraction of sp³-hybridized carbons (Fsp3) is 0.500. The summed E-state index contributed by atoms with van der Waals surface area (Å²) in [5.41, 5.74) is 5.15. The number of nitrogens with two attached hydrogens (primary N) is 1. The average Bonchev–Trinajstić information content (AvgIpc) is 2.76. The van der Waals surface area contributed by atoms with Crippen molar-refractivity contribution in [2.24, 2.45) is 0 Å². The number of likely N-dealkylation sites (N-methyl/N-ethyl adjacent to an activating group) is 1. The van der Waals surface area contributed by atoms with Crippen molar-refractivity contribution in [3.8, 4) is 0 Å². The third-order valence-corrected chi connectivity index (χ3v) is 5.39. The summed E-state index contributed by atoms with van der Waals surface area (Å²) in [7, 11) is -0.505. The Kier molecular flexibility index (Phi) is 3.99. The van der Waals surface area contributed by atoms with Crippen LogP contribution in [-0.2, 0) is 10.0 Å². The molecule has 1 unspecified atom stereocenters. The SMILES string of the molecule is CN(C)C1CCN(S(=O)(=O)c2c(F)cc(N)cc2F)C1. The number of sulfonamides is 1. The predicted octanol–water partition coefficient (Wildman–Crippen LogP) is 0.872. The van der Waals surface area contributed by atoms with Gasteiger partial charge in [0.25, 0.3) is 0 Å². The van der Waals surface area contributed by atoms with Crippen molar-refractivity contribution in [1.29, 1.82) is 0 Å². The normalized spacial score (nSPS) is 20.8. The molecule has 0 aliphatic carbocycles. The van der Waals surface area contributed by atoms with E-state index in [0.29, 0.717) is 6.42 Å². The highest BCUT2D eigenvalue weighted by atomic mass is 32.2. The van der Waals surface area contributed by atoms with Crippen molar-refractivity contribution in [1.82, 2.24) is 9.21 Å². The second kappa shape index (κ2) is 5.27. The molecule has 5 nitrogen and oxygen atoms in total. The van der Waals surface area contributed by atoms with E-state index in [1.54, 1.807) is 0 Å². The molecule has 1 atom stereocenters. The smallest absolute Gasteiger partial charge is 0.248 e. The van der Waals surface area contributed by atoms with Crippen LogP contribution in [-0.4, -0.2) is 50.8 Å². The van der Waals surface area contributed by atoms with Gasteiger partial charge in [-0.3, -0.25) is 0 Å². The molecular weight excluding hydrogens is 288 g/mol. The van der Waals surface area contributed by atoms with Crippen LogP contribution in [0.2, 0.25) is 0 Å². The van der Waals surface area contributed by atoms with Gasteiger partial charge in [-0.15, -0.1) is 0 Å². The second-order valence-corrected chi connectivity index (χ2v) is 6.96. The fourth-order valence-corrected chi connectivity index (χ4v) is 3.89. The highest BCUT2D eigenvalue weighted by Crippen LogP contribution is 2.28. The lowest BCUT2D eigenvalue weighted by molar-refractivity contribution is 0.302. The van der Waals surface area contributed by atoms with Crippen molar-refractivity contribution >= 4 is 15.7 Å². The number of halogens is 2. The molecular formula is C12H17F2N3O2S. The molecule has 1 aliphatic rings. The molecule has 0 bridgehead atoms. The van der Waals surface area contributed by atoms with Crippen LogP contribution in [0.1, 0.15) is 6.42 Å². The quantitative estimate of drug-likeness (QED) is 0.842. The van der Waals surface area contributed by atoms with Crippen molar-refractivity contribution in [2.75, 3.05) is 32.9 Å². The summed E-state index contributed by atoms with van der Waals surface area (Å²) < 4.78 is 53.4. The van der Waals surface area contributed by atoms with E-state index in [2.05, 4.69) is 0 Å². The maximum atomic E-state index is 13.8. The van der Waals surface area contributed by atoms with Gasteiger partial charge in [0.05, 0.1) is 0 Å². The summed E-state index contributed by atoms with van der Waals surface area (Å²) >= 11 is 0. The van der Waals surface area contributed by atoms with Gasteiger partial charge in [0, 0.05) is 24.8 Å². The van der Waals surface area contributed by atoms with E-state index in [9.17, 15) is 17.2 Å². The van der Waals surface area contributed by atoms with E-state index < -0.39 is 26.6 Å². The molecule has 0 radical (unpaired) electrons. The Balaban J connectivity index is 2.38. The van der Waals surface area contributed by atoms with Gasteiger partial charge in [0.1, 0.15) is 11.6 Å². The number of nitrogens with zero attached hydrogens (tertiary/aromatic N) is 2. The van der Waals surface area contributed by atoms with Gasteiger partial charge in [-0.25, -0.2) is 17.2 Å². The zero-order valence-corrected chi connectivity index (χ0v) is 12.1. The molecule has 0 saturated carbocycles. The van der Waals surface area contributed by atoms with Gasteiger partial charge < -0.3 is 10.6 Å². The van der Waals surface area contributed by atoms with Crippen LogP contribution in [0.25, 0.3) is 0 Å². The first-order chi connectivity index (χ1) is 9.23. The predicted molar refractivity (Wildman–Crippen MR) is 71.6 cm³/mol. The van der Waals surface area contributed by atoms with Gasteiger partial charge in [-0.1, -0.05) is 0 Å². The van der Waals surface area contributed by atoms with Gasteiger partial charge in [0.2, 0.25) is 10.0 Å². The minimum absolute atomic E-state index is 0.0460. The Morgan fingerprint density at radius 3 is 2.30 bits per heavy atom. The first-order valence-electron chi connectivity index (χ1n) is 6.14. The van der Waals surface area contributed by atoms with E-state index in [4.69, 9.17) is 5.73 Å². The zero-order valence-electron chi connectivity index (χ0n) is 11.3. The van der Waals surface area contributed by atoms with Crippen LogP contribution in [0.3, 0.4) is 0 Å². The molecule has 0 amide bonds. The molecule has 1 aromatic rings. The fourth-order valence-electron chi connectivity index (χ4n) is 2.31. The molecule has 2 rings (SSSR count). The lowest BCUT2D eigenvalue weighted by atomic mass is 10.2. The first-order valence-corrected chi connectivity index (χ1v) is 7.58. The second-order valence-electron chi connectivity index (χ2n) is 5.08. The molecule has 8 heteroatoms. The molecule has 2 N–H and O–H groups in total. The molecule has 112 valence electrons.